The highest BCUT2D eigenvalue weighted by Gasteiger charge is 2.44. The SMILES string of the molecule is CCOC1CC2(CCNCC2)Oc2c1ccc(OC)c2OC. The number of rotatable bonds is 4. The minimum atomic E-state index is -0.169. The van der Waals surface area contributed by atoms with Crippen molar-refractivity contribution in [2.24, 2.45) is 0 Å². The standard InChI is InChI=1S/C17H25NO4/c1-4-21-14-11-17(7-9-18-10-8-17)22-15-12(14)5-6-13(19-2)16(15)20-3/h5-6,14,18H,4,7-11H2,1-3H3. The maximum Gasteiger partial charge on any atom is 0.203 e. The molecule has 3 rings (SSSR count). The molecule has 1 unspecified atom stereocenters. The van der Waals surface area contributed by atoms with Crippen LogP contribution in [0.5, 0.6) is 17.2 Å². The van der Waals surface area contributed by atoms with Crippen LogP contribution in [0, 0.1) is 0 Å². The number of piperidine rings is 1. The van der Waals surface area contributed by atoms with Gasteiger partial charge in [0.05, 0.1) is 20.3 Å². The Morgan fingerprint density at radius 1 is 1.23 bits per heavy atom. The van der Waals surface area contributed by atoms with Crippen molar-refractivity contribution in [3.63, 3.8) is 0 Å². The van der Waals surface area contributed by atoms with Crippen molar-refractivity contribution in [1.29, 1.82) is 0 Å². The van der Waals surface area contributed by atoms with E-state index in [0.717, 1.165) is 43.7 Å². The lowest BCUT2D eigenvalue weighted by molar-refractivity contribution is -0.0604. The Balaban J connectivity index is 2.04. The monoisotopic (exact) mass is 307 g/mol. The molecule has 1 aromatic carbocycles. The summed E-state index contributed by atoms with van der Waals surface area (Å²) in [6, 6.07) is 3.96. The zero-order valence-electron chi connectivity index (χ0n) is 13.6. The smallest absolute Gasteiger partial charge is 0.203 e. The molecule has 5 nitrogen and oxygen atoms in total. The summed E-state index contributed by atoms with van der Waals surface area (Å²) in [4.78, 5) is 0. The highest BCUT2D eigenvalue weighted by molar-refractivity contribution is 5.57. The van der Waals surface area contributed by atoms with Crippen molar-refractivity contribution in [3.05, 3.63) is 17.7 Å². The van der Waals surface area contributed by atoms with Gasteiger partial charge in [-0.3, -0.25) is 0 Å². The molecule has 1 atom stereocenters. The van der Waals surface area contributed by atoms with E-state index in [1.807, 2.05) is 19.1 Å². The maximum absolute atomic E-state index is 6.48. The summed E-state index contributed by atoms with van der Waals surface area (Å²) < 4.78 is 23.5. The lowest BCUT2D eigenvalue weighted by Crippen LogP contribution is -2.49. The van der Waals surface area contributed by atoms with Crippen LogP contribution in [-0.2, 0) is 4.74 Å². The van der Waals surface area contributed by atoms with Crippen LogP contribution in [0.1, 0.15) is 37.9 Å². The predicted octanol–water partition coefficient (Wildman–Crippen LogP) is 2.69. The van der Waals surface area contributed by atoms with Crippen LogP contribution in [0.15, 0.2) is 12.1 Å². The van der Waals surface area contributed by atoms with Crippen LogP contribution >= 0.6 is 0 Å². The second kappa shape index (κ2) is 6.34. The van der Waals surface area contributed by atoms with Crippen LogP contribution in [-0.4, -0.2) is 39.5 Å². The molecular weight excluding hydrogens is 282 g/mol. The summed E-state index contributed by atoms with van der Waals surface area (Å²) >= 11 is 0. The van der Waals surface area contributed by atoms with E-state index in [0.29, 0.717) is 18.1 Å². The minimum Gasteiger partial charge on any atom is -0.493 e. The van der Waals surface area contributed by atoms with Gasteiger partial charge in [0, 0.05) is 18.6 Å². The van der Waals surface area contributed by atoms with E-state index in [-0.39, 0.29) is 11.7 Å². The van der Waals surface area contributed by atoms with Crippen LogP contribution in [0.3, 0.4) is 0 Å². The van der Waals surface area contributed by atoms with Crippen LogP contribution in [0.4, 0.5) is 0 Å². The van der Waals surface area contributed by atoms with E-state index in [1.54, 1.807) is 14.2 Å². The summed E-state index contributed by atoms with van der Waals surface area (Å²) in [5.41, 5.74) is 0.890. The topological polar surface area (TPSA) is 49.0 Å². The van der Waals surface area contributed by atoms with Gasteiger partial charge in [-0.1, -0.05) is 0 Å². The lowest BCUT2D eigenvalue weighted by atomic mass is 9.82. The molecule has 1 fully saturated rings. The quantitative estimate of drug-likeness (QED) is 0.927. The number of methoxy groups -OCH3 is 2. The van der Waals surface area contributed by atoms with E-state index >= 15 is 0 Å². The predicted molar refractivity (Wildman–Crippen MR) is 84.0 cm³/mol. The second-order valence-corrected chi connectivity index (χ2v) is 5.90. The number of ether oxygens (including phenoxy) is 4. The van der Waals surface area contributed by atoms with Crippen LogP contribution < -0.4 is 19.5 Å². The maximum atomic E-state index is 6.48. The fourth-order valence-corrected chi connectivity index (χ4v) is 3.52. The fourth-order valence-electron chi connectivity index (χ4n) is 3.52. The number of nitrogens with one attached hydrogen (secondary N) is 1. The van der Waals surface area contributed by atoms with Gasteiger partial charge in [-0.2, -0.15) is 0 Å². The van der Waals surface area contributed by atoms with Gasteiger partial charge in [0.2, 0.25) is 5.75 Å². The molecule has 2 aliphatic heterocycles. The molecule has 1 saturated heterocycles. The Hall–Kier alpha value is -1.46. The van der Waals surface area contributed by atoms with Gasteiger partial charge in [0.1, 0.15) is 5.60 Å². The summed E-state index contributed by atoms with van der Waals surface area (Å²) in [6.07, 6.45) is 2.91. The highest BCUT2D eigenvalue weighted by Crippen LogP contribution is 2.51. The summed E-state index contributed by atoms with van der Waals surface area (Å²) in [5.74, 6) is 2.15. The Kier molecular flexibility index (Phi) is 4.45. The fraction of sp³-hybridized carbons (Fsp3) is 0.647. The first kappa shape index (κ1) is 15.4. The van der Waals surface area contributed by atoms with E-state index < -0.39 is 0 Å². The molecule has 0 radical (unpaired) electrons. The molecule has 2 aliphatic rings. The molecule has 122 valence electrons. The normalized spacial score (nSPS) is 22.8. The van der Waals surface area contributed by atoms with E-state index in [1.165, 1.54) is 0 Å². The van der Waals surface area contributed by atoms with E-state index in [4.69, 9.17) is 18.9 Å². The average molecular weight is 307 g/mol. The van der Waals surface area contributed by atoms with Gasteiger partial charge < -0.3 is 24.3 Å². The Bertz CT molecular complexity index is 526. The van der Waals surface area contributed by atoms with Crippen molar-refractivity contribution in [3.8, 4) is 17.2 Å². The van der Waals surface area contributed by atoms with Crippen molar-refractivity contribution in [1.82, 2.24) is 5.32 Å². The molecule has 22 heavy (non-hydrogen) atoms. The molecule has 0 aromatic heterocycles. The number of hydrogen-bond donors (Lipinski definition) is 1. The molecule has 0 saturated carbocycles. The van der Waals surface area contributed by atoms with Crippen LogP contribution in [0.2, 0.25) is 0 Å². The van der Waals surface area contributed by atoms with Crippen molar-refractivity contribution in [2.75, 3.05) is 33.9 Å². The zero-order chi connectivity index (χ0) is 15.6. The van der Waals surface area contributed by atoms with Gasteiger partial charge in [-0.25, -0.2) is 0 Å². The Morgan fingerprint density at radius 3 is 2.64 bits per heavy atom. The first-order chi connectivity index (χ1) is 10.7. The molecule has 1 N–H and O–H groups in total. The summed E-state index contributed by atoms with van der Waals surface area (Å²) in [5, 5.41) is 3.40. The second-order valence-electron chi connectivity index (χ2n) is 5.90. The van der Waals surface area contributed by atoms with Crippen molar-refractivity contribution >= 4 is 0 Å². The molecule has 0 bridgehead atoms. The minimum absolute atomic E-state index is 0.0478. The van der Waals surface area contributed by atoms with Gasteiger partial charge in [-0.05, 0) is 45.0 Å². The highest BCUT2D eigenvalue weighted by atomic mass is 16.6. The zero-order valence-corrected chi connectivity index (χ0v) is 13.6. The first-order valence-electron chi connectivity index (χ1n) is 7.99. The summed E-state index contributed by atoms with van der Waals surface area (Å²) in [6.45, 7) is 4.67. The number of benzene rings is 1. The number of hydrogen-bond acceptors (Lipinski definition) is 5. The van der Waals surface area contributed by atoms with Crippen LogP contribution in [0.25, 0.3) is 0 Å². The summed E-state index contributed by atoms with van der Waals surface area (Å²) in [7, 11) is 3.30. The van der Waals surface area contributed by atoms with Crippen molar-refractivity contribution < 1.29 is 18.9 Å². The van der Waals surface area contributed by atoms with Gasteiger partial charge in [0.25, 0.3) is 0 Å². The third-order valence-electron chi connectivity index (χ3n) is 4.64. The Labute approximate surface area is 131 Å². The lowest BCUT2D eigenvalue weighted by Gasteiger charge is -2.44. The third kappa shape index (κ3) is 2.63. The van der Waals surface area contributed by atoms with Gasteiger partial charge in [0.15, 0.2) is 11.5 Å². The third-order valence-corrected chi connectivity index (χ3v) is 4.64. The first-order valence-corrected chi connectivity index (χ1v) is 7.99. The number of fused-ring (bicyclic) bond motifs is 1. The molecule has 0 amide bonds. The molecule has 1 spiro atoms. The Morgan fingerprint density at radius 2 is 2.00 bits per heavy atom. The average Bonchev–Trinajstić information content (AvgIpc) is 2.54. The molecule has 0 aliphatic carbocycles. The van der Waals surface area contributed by atoms with Gasteiger partial charge >= 0.3 is 0 Å². The molecule has 1 aromatic rings. The molecule has 2 heterocycles. The van der Waals surface area contributed by atoms with Crippen molar-refractivity contribution in [2.45, 2.75) is 37.9 Å². The molecule has 5 heteroatoms. The molecular formula is C17H25NO4. The van der Waals surface area contributed by atoms with E-state index in [9.17, 15) is 0 Å². The van der Waals surface area contributed by atoms with E-state index in [2.05, 4.69) is 5.32 Å². The van der Waals surface area contributed by atoms with Gasteiger partial charge in [-0.15, -0.1) is 0 Å². The largest absolute Gasteiger partial charge is 0.493 e.